The fourth-order valence-corrected chi connectivity index (χ4v) is 0.852. The molecule has 0 aliphatic carbocycles. The van der Waals surface area contributed by atoms with Crippen LogP contribution in [0.5, 0.6) is 0 Å². The van der Waals surface area contributed by atoms with Crippen LogP contribution in [-0.2, 0) is 9.05 Å². The SMILES string of the molecule is CCCCOP(O)OC(=O)O. The maximum atomic E-state index is 9.80. The van der Waals surface area contributed by atoms with E-state index in [9.17, 15) is 4.79 Å². The van der Waals surface area contributed by atoms with Gasteiger partial charge in [-0.25, -0.2) is 4.79 Å². The monoisotopic (exact) mass is 182 g/mol. The van der Waals surface area contributed by atoms with Crippen LogP contribution in [0.3, 0.4) is 0 Å². The van der Waals surface area contributed by atoms with Crippen molar-refractivity contribution in [2.24, 2.45) is 0 Å². The van der Waals surface area contributed by atoms with Gasteiger partial charge in [0, 0.05) is 0 Å². The second kappa shape index (κ2) is 6.34. The van der Waals surface area contributed by atoms with Crippen LogP contribution in [0.1, 0.15) is 19.8 Å². The zero-order chi connectivity index (χ0) is 8.69. The summed E-state index contributed by atoms with van der Waals surface area (Å²) in [5.41, 5.74) is 0. The van der Waals surface area contributed by atoms with E-state index in [2.05, 4.69) is 9.05 Å². The van der Waals surface area contributed by atoms with Crippen LogP contribution in [0.2, 0.25) is 0 Å². The summed E-state index contributed by atoms with van der Waals surface area (Å²) in [5, 5.41) is 7.99. The van der Waals surface area contributed by atoms with E-state index >= 15 is 0 Å². The maximum absolute atomic E-state index is 9.80. The minimum atomic E-state index is -2.23. The van der Waals surface area contributed by atoms with Crippen LogP contribution in [0.15, 0.2) is 0 Å². The number of hydrogen-bond acceptors (Lipinski definition) is 4. The Labute approximate surface area is 65.9 Å². The first-order valence-corrected chi connectivity index (χ1v) is 4.32. The lowest BCUT2D eigenvalue weighted by molar-refractivity contribution is 0.129. The fraction of sp³-hybridized carbons (Fsp3) is 0.800. The van der Waals surface area contributed by atoms with Crippen molar-refractivity contribution >= 4 is 14.8 Å². The molecule has 0 fully saturated rings. The molecule has 1 atom stereocenters. The summed E-state index contributed by atoms with van der Waals surface area (Å²) in [7, 11) is -2.23. The van der Waals surface area contributed by atoms with Crippen LogP contribution >= 0.6 is 8.60 Å². The third kappa shape index (κ3) is 7.52. The largest absolute Gasteiger partial charge is 0.512 e. The van der Waals surface area contributed by atoms with Gasteiger partial charge in [-0.2, -0.15) is 0 Å². The maximum Gasteiger partial charge on any atom is 0.512 e. The molecule has 0 radical (unpaired) electrons. The number of carbonyl (C=O) groups is 1. The molecule has 2 N–H and O–H groups in total. The number of unbranched alkanes of at least 4 members (excludes halogenated alkanes) is 1. The van der Waals surface area contributed by atoms with E-state index in [1.54, 1.807) is 0 Å². The summed E-state index contributed by atoms with van der Waals surface area (Å²) in [6, 6.07) is 0. The Morgan fingerprint density at radius 3 is 2.73 bits per heavy atom. The smallest absolute Gasteiger partial charge is 0.449 e. The second-order valence-corrected chi connectivity index (χ2v) is 2.70. The standard InChI is InChI=1S/C5H11O5P/c1-2-3-4-9-11(8)10-5(6)7/h8H,2-4H2,1H3,(H,6,7). The van der Waals surface area contributed by atoms with E-state index in [1.807, 2.05) is 6.92 Å². The van der Waals surface area contributed by atoms with Crippen molar-refractivity contribution in [3.05, 3.63) is 0 Å². The Morgan fingerprint density at radius 2 is 2.27 bits per heavy atom. The topological polar surface area (TPSA) is 76.0 Å². The van der Waals surface area contributed by atoms with Crippen LogP contribution < -0.4 is 0 Å². The Hall–Kier alpha value is -0.380. The van der Waals surface area contributed by atoms with Gasteiger partial charge < -0.3 is 19.0 Å². The molecule has 0 bridgehead atoms. The molecule has 1 unspecified atom stereocenters. The molecule has 5 nitrogen and oxygen atoms in total. The molecule has 0 aliphatic heterocycles. The van der Waals surface area contributed by atoms with Crippen molar-refractivity contribution in [1.29, 1.82) is 0 Å². The van der Waals surface area contributed by atoms with Gasteiger partial charge in [0.05, 0.1) is 6.61 Å². The zero-order valence-corrected chi connectivity index (χ0v) is 7.08. The molecule has 0 aromatic heterocycles. The third-order valence-corrected chi connectivity index (χ3v) is 1.57. The molecule has 0 spiro atoms. The van der Waals surface area contributed by atoms with Crippen LogP contribution in [0, 0.1) is 0 Å². The van der Waals surface area contributed by atoms with Gasteiger partial charge in [-0.3, -0.25) is 0 Å². The molecule has 0 saturated carbocycles. The van der Waals surface area contributed by atoms with Crippen molar-refractivity contribution in [3.8, 4) is 0 Å². The normalized spacial score (nSPS) is 12.5. The van der Waals surface area contributed by atoms with Crippen molar-refractivity contribution in [1.82, 2.24) is 0 Å². The highest BCUT2D eigenvalue weighted by atomic mass is 31.2. The average Bonchev–Trinajstić information content (AvgIpc) is 1.86. The number of hydrogen-bond donors (Lipinski definition) is 2. The summed E-state index contributed by atoms with van der Waals surface area (Å²) in [6.45, 7) is 2.28. The molecule has 0 rings (SSSR count). The lowest BCUT2D eigenvalue weighted by atomic mass is 10.4. The van der Waals surface area contributed by atoms with Crippen molar-refractivity contribution in [3.63, 3.8) is 0 Å². The highest BCUT2D eigenvalue weighted by Gasteiger charge is 2.11. The van der Waals surface area contributed by atoms with Crippen molar-refractivity contribution < 1.29 is 23.8 Å². The minimum Gasteiger partial charge on any atom is -0.449 e. The molecule has 66 valence electrons. The van der Waals surface area contributed by atoms with Gasteiger partial charge in [0.15, 0.2) is 0 Å². The first-order valence-electron chi connectivity index (χ1n) is 3.19. The van der Waals surface area contributed by atoms with Crippen LogP contribution in [0.4, 0.5) is 4.79 Å². The predicted molar refractivity (Wildman–Crippen MR) is 39.1 cm³/mol. The first kappa shape index (κ1) is 10.6. The highest BCUT2D eigenvalue weighted by molar-refractivity contribution is 7.41. The van der Waals surface area contributed by atoms with Crippen LogP contribution in [0.25, 0.3) is 0 Å². The van der Waals surface area contributed by atoms with Gasteiger partial charge in [0.25, 0.3) is 0 Å². The lowest BCUT2D eigenvalue weighted by Gasteiger charge is -2.06. The Kier molecular flexibility index (Phi) is 6.12. The summed E-state index contributed by atoms with van der Waals surface area (Å²) < 4.78 is 8.52. The Balaban J connectivity index is 3.22. The fourth-order valence-electron chi connectivity index (χ4n) is 0.380. The van der Waals surface area contributed by atoms with E-state index in [1.165, 1.54) is 0 Å². The van der Waals surface area contributed by atoms with E-state index in [-0.39, 0.29) is 0 Å². The molecular weight excluding hydrogens is 171 g/mol. The molecule has 11 heavy (non-hydrogen) atoms. The summed E-state index contributed by atoms with van der Waals surface area (Å²) in [6.07, 6.45) is 0.189. The molecule has 0 aliphatic rings. The van der Waals surface area contributed by atoms with E-state index in [0.29, 0.717) is 6.61 Å². The number of carboxylic acid groups (broad SMARTS) is 1. The summed E-state index contributed by atoms with van der Waals surface area (Å²) in [5.74, 6) is 0. The van der Waals surface area contributed by atoms with Gasteiger partial charge in [-0.15, -0.1) is 0 Å². The van der Waals surface area contributed by atoms with Gasteiger partial charge in [0.2, 0.25) is 0 Å². The summed E-state index contributed by atoms with van der Waals surface area (Å²) in [4.78, 5) is 18.5. The molecule has 0 aromatic carbocycles. The molecule has 0 heterocycles. The van der Waals surface area contributed by atoms with E-state index in [0.717, 1.165) is 12.8 Å². The minimum absolute atomic E-state index is 0.325. The average molecular weight is 182 g/mol. The molecule has 0 saturated heterocycles. The molecular formula is C5H11O5P. The van der Waals surface area contributed by atoms with Gasteiger partial charge >= 0.3 is 14.8 Å². The van der Waals surface area contributed by atoms with Crippen molar-refractivity contribution in [2.75, 3.05) is 6.61 Å². The molecule has 6 heteroatoms. The highest BCUT2D eigenvalue weighted by Crippen LogP contribution is 2.32. The number of rotatable bonds is 5. The predicted octanol–water partition coefficient (Wildman–Crippen LogP) is 1.72. The second-order valence-electron chi connectivity index (χ2n) is 1.78. The summed E-state index contributed by atoms with van der Waals surface area (Å²) >= 11 is 0. The Bertz CT molecular complexity index is 117. The van der Waals surface area contributed by atoms with Gasteiger partial charge in [-0.1, -0.05) is 13.3 Å². The van der Waals surface area contributed by atoms with Gasteiger partial charge in [-0.05, 0) is 6.42 Å². The van der Waals surface area contributed by atoms with E-state index < -0.39 is 14.8 Å². The van der Waals surface area contributed by atoms with E-state index in [4.69, 9.17) is 10.00 Å². The molecule has 0 aromatic rings. The van der Waals surface area contributed by atoms with Crippen molar-refractivity contribution in [2.45, 2.75) is 19.8 Å². The molecule has 0 amide bonds. The quantitative estimate of drug-likeness (QED) is 0.500. The van der Waals surface area contributed by atoms with Crippen LogP contribution in [-0.4, -0.2) is 22.8 Å². The first-order chi connectivity index (χ1) is 5.16. The van der Waals surface area contributed by atoms with Gasteiger partial charge in [0.1, 0.15) is 0 Å². The Morgan fingerprint density at radius 1 is 1.64 bits per heavy atom. The lowest BCUT2D eigenvalue weighted by Crippen LogP contribution is -1.97. The third-order valence-electron chi connectivity index (χ3n) is 0.856. The zero-order valence-electron chi connectivity index (χ0n) is 6.19.